The Bertz CT molecular complexity index is 709. The van der Waals surface area contributed by atoms with Crippen molar-refractivity contribution in [2.75, 3.05) is 25.8 Å². The van der Waals surface area contributed by atoms with E-state index in [0.29, 0.717) is 18.1 Å². The number of hydrogen-bond donors (Lipinski definition) is 0. The number of thiazole rings is 1. The maximum Gasteiger partial charge on any atom is 0.311 e. The average molecular weight is 396 g/mol. The molecule has 0 amide bonds. The Balaban J connectivity index is 1.57. The zero-order chi connectivity index (χ0) is 19.0. The van der Waals surface area contributed by atoms with Crippen molar-refractivity contribution in [3.63, 3.8) is 0 Å². The minimum absolute atomic E-state index is 0.0912. The summed E-state index contributed by atoms with van der Waals surface area (Å²) in [6.45, 7) is 10.2. The number of carbonyl (C=O) groups is 1. The molecule has 5 nitrogen and oxygen atoms in total. The molecule has 0 bridgehead atoms. The van der Waals surface area contributed by atoms with Crippen molar-refractivity contribution in [1.82, 2.24) is 4.98 Å². The summed E-state index contributed by atoms with van der Waals surface area (Å²) < 4.78 is 18.1. The third-order valence-electron chi connectivity index (χ3n) is 3.87. The van der Waals surface area contributed by atoms with Crippen LogP contribution in [0.1, 0.15) is 27.2 Å². The van der Waals surface area contributed by atoms with E-state index >= 15 is 0 Å². The fourth-order valence-corrected chi connectivity index (χ4v) is 3.72. The zero-order valence-corrected chi connectivity index (χ0v) is 17.1. The van der Waals surface area contributed by atoms with E-state index in [9.17, 15) is 4.79 Å². The third-order valence-corrected chi connectivity index (χ3v) is 6.11. The first-order chi connectivity index (χ1) is 12.4. The maximum absolute atomic E-state index is 11.8. The quantitative estimate of drug-likeness (QED) is 0.178. The number of carbonyl (C=O) groups excluding carboxylic acids is 1. The summed E-state index contributed by atoms with van der Waals surface area (Å²) in [4.78, 5) is 16.3. The maximum atomic E-state index is 11.8. The molecule has 0 fully saturated rings. The van der Waals surface area contributed by atoms with Crippen LogP contribution in [0.15, 0.2) is 40.9 Å². The van der Waals surface area contributed by atoms with Gasteiger partial charge in [-0.3, -0.25) is 4.79 Å². The lowest BCUT2D eigenvalue weighted by Crippen LogP contribution is -2.27. The molecule has 26 heavy (non-hydrogen) atoms. The van der Waals surface area contributed by atoms with Crippen LogP contribution >= 0.6 is 23.1 Å². The summed E-state index contributed by atoms with van der Waals surface area (Å²) in [5, 5.41) is 0. The number of nitrogens with zero attached hydrogens (tertiary/aromatic N) is 1. The summed E-state index contributed by atoms with van der Waals surface area (Å²) in [5.74, 6) is 1.03. The predicted octanol–water partition coefficient (Wildman–Crippen LogP) is 4.87. The topological polar surface area (TPSA) is 57.6 Å². The van der Waals surface area contributed by atoms with Crippen molar-refractivity contribution in [2.24, 2.45) is 5.41 Å². The first-order valence-electron chi connectivity index (χ1n) is 8.46. The standard InChI is InChI=1S/C19H25NO4S2/c1-5-19(3,4)17(21)23-11-10-22-13-24-14(2)12-25-18-20-15-8-6-7-9-16(15)26-18/h6-9H,2,5,10-13H2,1,3-4H3. The Labute approximate surface area is 162 Å². The number of esters is 1. The summed E-state index contributed by atoms with van der Waals surface area (Å²) in [6, 6.07) is 8.05. The summed E-state index contributed by atoms with van der Waals surface area (Å²) in [7, 11) is 0. The number of para-hydroxylation sites is 1. The van der Waals surface area contributed by atoms with E-state index in [-0.39, 0.29) is 19.4 Å². The van der Waals surface area contributed by atoms with Gasteiger partial charge in [-0.05, 0) is 32.4 Å². The van der Waals surface area contributed by atoms with Gasteiger partial charge in [0, 0.05) is 0 Å². The van der Waals surface area contributed by atoms with Crippen LogP contribution < -0.4 is 0 Å². The second-order valence-electron chi connectivity index (χ2n) is 6.32. The normalized spacial score (nSPS) is 11.5. The number of aromatic nitrogens is 1. The molecule has 7 heteroatoms. The Morgan fingerprint density at radius 2 is 2.04 bits per heavy atom. The third kappa shape index (κ3) is 6.30. The minimum Gasteiger partial charge on any atom is -0.472 e. The van der Waals surface area contributed by atoms with Gasteiger partial charge in [-0.15, -0.1) is 11.3 Å². The largest absolute Gasteiger partial charge is 0.472 e. The van der Waals surface area contributed by atoms with Crippen molar-refractivity contribution < 1.29 is 19.0 Å². The number of benzene rings is 1. The highest BCUT2D eigenvalue weighted by atomic mass is 32.2. The first-order valence-corrected chi connectivity index (χ1v) is 10.3. The molecular weight excluding hydrogens is 370 g/mol. The van der Waals surface area contributed by atoms with E-state index in [4.69, 9.17) is 14.2 Å². The van der Waals surface area contributed by atoms with Gasteiger partial charge in [0.1, 0.15) is 12.4 Å². The minimum atomic E-state index is -0.456. The molecule has 0 saturated heterocycles. The molecule has 2 aromatic rings. The van der Waals surface area contributed by atoms with Crippen LogP contribution in [-0.2, 0) is 19.0 Å². The molecule has 2 rings (SSSR count). The fraction of sp³-hybridized carbons (Fsp3) is 0.474. The van der Waals surface area contributed by atoms with Gasteiger partial charge in [-0.1, -0.05) is 37.4 Å². The molecule has 0 saturated carbocycles. The van der Waals surface area contributed by atoms with Crippen molar-refractivity contribution in [1.29, 1.82) is 0 Å². The summed E-state index contributed by atoms with van der Waals surface area (Å²) in [5.41, 5.74) is 0.554. The number of ether oxygens (including phenoxy) is 3. The number of rotatable bonds is 11. The Morgan fingerprint density at radius 1 is 1.27 bits per heavy atom. The van der Waals surface area contributed by atoms with Gasteiger partial charge < -0.3 is 14.2 Å². The van der Waals surface area contributed by atoms with E-state index in [0.717, 1.165) is 16.3 Å². The molecule has 0 radical (unpaired) electrons. The van der Waals surface area contributed by atoms with Gasteiger partial charge in [0.15, 0.2) is 11.1 Å². The molecule has 0 aliphatic heterocycles. The number of thioether (sulfide) groups is 1. The van der Waals surface area contributed by atoms with Crippen LogP contribution in [0.4, 0.5) is 0 Å². The van der Waals surface area contributed by atoms with Gasteiger partial charge in [-0.2, -0.15) is 0 Å². The van der Waals surface area contributed by atoms with E-state index in [1.165, 1.54) is 4.70 Å². The molecular formula is C19H25NO4S2. The van der Waals surface area contributed by atoms with Gasteiger partial charge in [0.2, 0.25) is 0 Å². The highest BCUT2D eigenvalue weighted by Gasteiger charge is 2.26. The molecule has 0 spiro atoms. The molecule has 1 heterocycles. The van der Waals surface area contributed by atoms with Gasteiger partial charge in [0.25, 0.3) is 0 Å². The lowest BCUT2D eigenvalue weighted by atomic mass is 9.91. The first kappa shape index (κ1) is 20.7. The van der Waals surface area contributed by atoms with Crippen molar-refractivity contribution in [3.05, 3.63) is 36.6 Å². The Kier molecular flexibility index (Phi) is 7.93. The number of hydrogen-bond acceptors (Lipinski definition) is 7. The molecule has 0 unspecified atom stereocenters. The molecule has 0 aliphatic carbocycles. The predicted molar refractivity (Wildman–Crippen MR) is 106 cm³/mol. The monoisotopic (exact) mass is 395 g/mol. The lowest BCUT2D eigenvalue weighted by Gasteiger charge is -2.20. The SMILES string of the molecule is C=C(CSc1nc2ccccc2s1)OCOCCOC(=O)C(C)(C)CC. The molecule has 1 aromatic carbocycles. The Hall–Kier alpha value is -1.57. The van der Waals surface area contributed by atoms with Crippen molar-refractivity contribution in [3.8, 4) is 0 Å². The highest BCUT2D eigenvalue weighted by molar-refractivity contribution is 8.01. The smallest absolute Gasteiger partial charge is 0.311 e. The van der Waals surface area contributed by atoms with E-state index in [2.05, 4.69) is 17.6 Å². The van der Waals surface area contributed by atoms with Gasteiger partial charge >= 0.3 is 5.97 Å². The molecule has 0 aliphatic rings. The molecule has 142 valence electrons. The van der Waals surface area contributed by atoms with Crippen LogP contribution in [0, 0.1) is 5.41 Å². The lowest BCUT2D eigenvalue weighted by molar-refractivity contribution is -0.156. The van der Waals surface area contributed by atoms with E-state index in [1.54, 1.807) is 23.1 Å². The van der Waals surface area contributed by atoms with Crippen LogP contribution in [0.3, 0.4) is 0 Å². The Morgan fingerprint density at radius 3 is 2.77 bits per heavy atom. The average Bonchev–Trinajstić information content (AvgIpc) is 3.05. The van der Waals surface area contributed by atoms with Gasteiger partial charge in [-0.25, -0.2) is 4.98 Å². The van der Waals surface area contributed by atoms with E-state index in [1.807, 2.05) is 39.0 Å². The molecule has 1 aromatic heterocycles. The van der Waals surface area contributed by atoms with Gasteiger partial charge in [0.05, 0.1) is 28.0 Å². The molecule has 0 atom stereocenters. The van der Waals surface area contributed by atoms with E-state index < -0.39 is 5.41 Å². The molecule has 0 N–H and O–H groups in total. The second-order valence-corrected chi connectivity index (χ2v) is 8.57. The van der Waals surface area contributed by atoms with Crippen LogP contribution in [0.25, 0.3) is 10.2 Å². The van der Waals surface area contributed by atoms with Crippen LogP contribution in [0.2, 0.25) is 0 Å². The second kappa shape index (κ2) is 9.94. The summed E-state index contributed by atoms with van der Waals surface area (Å²) >= 11 is 3.25. The fourth-order valence-electron chi connectivity index (χ4n) is 1.81. The van der Waals surface area contributed by atoms with Crippen molar-refractivity contribution in [2.45, 2.75) is 31.5 Å². The zero-order valence-electron chi connectivity index (χ0n) is 15.4. The highest BCUT2D eigenvalue weighted by Crippen LogP contribution is 2.30. The summed E-state index contributed by atoms with van der Waals surface area (Å²) in [6.07, 6.45) is 0.738. The van der Waals surface area contributed by atoms with Crippen molar-refractivity contribution >= 4 is 39.3 Å². The number of fused-ring (bicyclic) bond motifs is 1. The van der Waals surface area contributed by atoms with Crippen LogP contribution in [-0.4, -0.2) is 36.7 Å². The van der Waals surface area contributed by atoms with Crippen LogP contribution in [0.5, 0.6) is 0 Å².